The van der Waals surface area contributed by atoms with Crippen LogP contribution in [0, 0.1) is 5.92 Å². The third-order valence-electron chi connectivity index (χ3n) is 3.69. The Hall–Kier alpha value is -1.01. The molecule has 0 radical (unpaired) electrons. The molecule has 0 aliphatic carbocycles. The molecule has 0 spiro atoms. The Bertz CT molecular complexity index is 580. The van der Waals surface area contributed by atoms with Crippen molar-refractivity contribution in [1.82, 2.24) is 0 Å². The van der Waals surface area contributed by atoms with Crippen molar-refractivity contribution in [2.75, 3.05) is 0 Å². The van der Waals surface area contributed by atoms with Crippen LogP contribution in [0.25, 0.3) is 0 Å². The standard InChI is InChI=1S/C15H19F2O4PS/c1-4-11(5-2)10(3)12(9-15(16,17)21-22(19)20)14(18)13-7-6-8-23-13/h6-8,11H,4-5,9H2,1-3H3/p+1. The number of thiophene rings is 1. The lowest BCUT2D eigenvalue weighted by Gasteiger charge is -2.20. The van der Waals surface area contributed by atoms with Gasteiger partial charge in [0.15, 0.2) is 5.78 Å². The lowest BCUT2D eigenvalue weighted by atomic mass is 9.87. The fourth-order valence-electron chi connectivity index (χ4n) is 2.46. The van der Waals surface area contributed by atoms with Crippen LogP contribution in [-0.4, -0.2) is 16.8 Å². The number of hydrogen-bond donors (Lipinski definition) is 1. The third-order valence-corrected chi connectivity index (χ3v) is 4.98. The van der Waals surface area contributed by atoms with Crippen molar-refractivity contribution in [3.05, 3.63) is 33.5 Å². The van der Waals surface area contributed by atoms with Crippen LogP contribution in [-0.2, 0) is 9.09 Å². The zero-order chi connectivity index (χ0) is 17.6. The fraction of sp³-hybridized carbons (Fsp3) is 0.533. The Kier molecular flexibility index (Phi) is 7.61. The molecule has 1 N–H and O–H groups in total. The maximum absolute atomic E-state index is 13.8. The predicted octanol–water partition coefficient (Wildman–Crippen LogP) is 5.33. The highest BCUT2D eigenvalue weighted by molar-refractivity contribution is 7.32. The van der Waals surface area contributed by atoms with Gasteiger partial charge >= 0.3 is 14.4 Å². The van der Waals surface area contributed by atoms with Crippen LogP contribution in [0.5, 0.6) is 0 Å². The summed E-state index contributed by atoms with van der Waals surface area (Å²) in [6, 6.07) is 3.24. The lowest BCUT2D eigenvalue weighted by molar-refractivity contribution is -0.174. The van der Waals surface area contributed by atoms with Crippen molar-refractivity contribution < 1.29 is 27.6 Å². The van der Waals surface area contributed by atoms with Gasteiger partial charge in [-0.05, 0) is 41.7 Å². The number of alkyl halides is 2. The highest BCUT2D eigenvalue weighted by Gasteiger charge is 2.43. The van der Waals surface area contributed by atoms with Gasteiger partial charge in [-0.3, -0.25) is 4.79 Å². The maximum Gasteiger partial charge on any atom is 0.701 e. The highest BCUT2D eigenvalue weighted by Crippen LogP contribution is 2.37. The number of hydrogen-bond acceptors (Lipinski definition) is 4. The molecule has 4 nitrogen and oxygen atoms in total. The summed E-state index contributed by atoms with van der Waals surface area (Å²) in [7, 11) is -3.46. The van der Waals surface area contributed by atoms with Gasteiger partial charge in [0.05, 0.1) is 11.3 Å². The minimum Gasteiger partial charge on any atom is -0.288 e. The lowest BCUT2D eigenvalue weighted by Crippen LogP contribution is -2.23. The molecule has 0 saturated heterocycles. The van der Waals surface area contributed by atoms with E-state index < -0.39 is 26.6 Å². The van der Waals surface area contributed by atoms with Gasteiger partial charge in [-0.25, -0.2) is 0 Å². The van der Waals surface area contributed by atoms with Crippen LogP contribution in [0.2, 0.25) is 0 Å². The number of Topliss-reactive ketones (excluding diaryl/α,β-unsaturated/α-hetero) is 1. The van der Waals surface area contributed by atoms with Gasteiger partial charge in [0, 0.05) is 10.1 Å². The fourth-order valence-corrected chi connectivity index (χ4v) is 3.44. The molecule has 0 aromatic carbocycles. The van der Waals surface area contributed by atoms with E-state index in [1.54, 1.807) is 24.4 Å². The molecule has 0 aliphatic rings. The molecule has 1 rings (SSSR count). The Morgan fingerprint density at radius 3 is 2.48 bits per heavy atom. The smallest absolute Gasteiger partial charge is 0.288 e. The van der Waals surface area contributed by atoms with E-state index in [9.17, 15) is 18.1 Å². The van der Waals surface area contributed by atoms with Crippen molar-refractivity contribution >= 4 is 25.4 Å². The van der Waals surface area contributed by atoms with E-state index in [0.29, 0.717) is 23.3 Å². The number of halogens is 2. The third kappa shape index (κ3) is 5.84. The SMILES string of the molecule is CCC(CC)C(C)=C(CC(F)(F)O[P+](=O)O)C(=O)c1cccs1. The van der Waals surface area contributed by atoms with Gasteiger partial charge in [-0.2, -0.15) is 8.78 Å². The van der Waals surface area contributed by atoms with Gasteiger partial charge in [-0.1, -0.05) is 25.5 Å². The average Bonchev–Trinajstić information content (AvgIpc) is 2.98. The van der Waals surface area contributed by atoms with Gasteiger partial charge in [0.25, 0.3) is 0 Å². The van der Waals surface area contributed by atoms with Crippen molar-refractivity contribution in [3.63, 3.8) is 0 Å². The Labute approximate surface area is 139 Å². The van der Waals surface area contributed by atoms with Crippen LogP contribution >= 0.6 is 19.6 Å². The van der Waals surface area contributed by atoms with Crippen molar-refractivity contribution in [2.45, 2.75) is 46.1 Å². The predicted molar refractivity (Wildman–Crippen MR) is 85.9 cm³/mol. The molecule has 8 heteroatoms. The minimum atomic E-state index is -3.88. The first-order valence-corrected chi connectivity index (χ1v) is 9.23. The summed E-state index contributed by atoms with van der Waals surface area (Å²) in [6.07, 6.45) is -3.47. The van der Waals surface area contributed by atoms with E-state index in [1.165, 1.54) is 11.3 Å². The summed E-state index contributed by atoms with van der Waals surface area (Å²) in [5.74, 6) is -0.492. The topological polar surface area (TPSA) is 63.6 Å². The molecule has 1 aromatic heterocycles. The number of allylic oxidation sites excluding steroid dienone is 1. The summed E-state index contributed by atoms with van der Waals surface area (Å²) >= 11 is 1.17. The van der Waals surface area contributed by atoms with Crippen LogP contribution in [0.4, 0.5) is 8.78 Å². The molecule has 0 saturated carbocycles. The molecule has 0 fully saturated rings. The Morgan fingerprint density at radius 2 is 2.04 bits per heavy atom. The zero-order valence-electron chi connectivity index (χ0n) is 13.2. The molecule has 0 amide bonds. The van der Waals surface area contributed by atoms with Crippen LogP contribution in [0.3, 0.4) is 0 Å². The average molecular weight is 365 g/mol. The summed E-state index contributed by atoms with van der Waals surface area (Å²) < 4.78 is 42.0. The van der Waals surface area contributed by atoms with Crippen LogP contribution < -0.4 is 0 Å². The zero-order valence-corrected chi connectivity index (χ0v) is 14.9. The van der Waals surface area contributed by atoms with Gasteiger partial charge in [0.2, 0.25) is 0 Å². The molecule has 1 aromatic rings. The first kappa shape index (κ1) is 20.0. The molecule has 0 aliphatic heterocycles. The van der Waals surface area contributed by atoms with E-state index in [0.717, 1.165) is 0 Å². The van der Waals surface area contributed by atoms with Crippen molar-refractivity contribution in [1.29, 1.82) is 0 Å². The van der Waals surface area contributed by atoms with Gasteiger partial charge in [-0.15, -0.1) is 16.2 Å². The van der Waals surface area contributed by atoms with Crippen LogP contribution in [0.1, 0.15) is 49.7 Å². The summed E-state index contributed by atoms with van der Waals surface area (Å²) in [5.41, 5.74) is 0.521. The normalized spacial score (nSPS) is 14.0. The minimum absolute atomic E-state index is 0.00685. The van der Waals surface area contributed by atoms with E-state index >= 15 is 0 Å². The molecule has 128 valence electrons. The highest BCUT2D eigenvalue weighted by atomic mass is 32.1. The first-order valence-electron chi connectivity index (χ1n) is 7.22. The van der Waals surface area contributed by atoms with E-state index in [4.69, 9.17) is 4.89 Å². The molecule has 1 heterocycles. The van der Waals surface area contributed by atoms with Crippen LogP contribution in [0.15, 0.2) is 28.7 Å². The number of carbonyl (C=O) groups excluding carboxylic acids is 1. The molecule has 0 bridgehead atoms. The molecule has 1 atom stereocenters. The number of carbonyl (C=O) groups is 1. The monoisotopic (exact) mass is 365 g/mol. The number of ketones is 1. The molecule has 23 heavy (non-hydrogen) atoms. The second kappa shape index (κ2) is 8.73. The Balaban J connectivity index is 3.24. The largest absolute Gasteiger partial charge is 0.701 e. The van der Waals surface area contributed by atoms with Crippen molar-refractivity contribution in [2.24, 2.45) is 5.92 Å². The van der Waals surface area contributed by atoms with E-state index in [1.807, 2.05) is 13.8 Å². The summed E-state index contributed by atoms with van der Waals surface area (Å²) in [6.45, 7) is 5.50. The molecular weight excluding hydrogens is 345 g/mol. The van der Waals surface area contributed by atoms with Crippen molar-refractivity contribution in [3.8, 4) is 0 Å². The van der Waals surface area contributed by atoms with Gasteiger partial charge in [0.1, 0.15) is 0 Å². The van der Waals surface area contributed by atoms with E-state index in [-0.39, 0.29) is 11.5 Å². The van der Waals surface area contributed by atoms with Gasteiger partial charge < -0.3 is 0 Å². The van der Waals surface area contributed by atoms with E-state index in [2.05, 4.69) is 4.52 Å². The summed E-state index contributed by atoms with van der Waals surface area (Å²) in [5, 5.41) is 1.69. The molecule has 1 unspecified atom stereocenters. The first-order chi connectivity index (χ1) is 10.7. The second-order valence-electron chi connectivity index (χ2n) is 5.12. The molecular formula is C15H20F2O4PS+. The Morgan fingerprint density at radius 1 is 1.43 bits per heavy atom. The second-order valence-corrected chi connectivity index (χ2v) is 6.73. The maximum atomic E-state index is 13.8. The quantitative estimate of drug-likeness (QED) is 0.365. The summed E-state index contributed by atoms with van der Waals surface area (Å²) in [4.78, 5) is 21.5. The number of rotatable bonds is 9.